The fourth-order valence-electron chi connectivity index (χ4n) is 1.64. The molecular formula is C14H17N3O3. The number of benzene rings is 1. The van der Waals surface area contributed by atoms with Crippen LogP contribution in [0.4, 0.5) is 0 Å². The fourth-order valence-corrected chi connectivity index (χ4v) is 1.64. The molecule has 0 unspecified atom stereocenters. The number of nitrogens with zero attached hydrogens (tertiary/aromatic N) is 2. The van der Waals surface area contributed by atoms with Crippen LogP contribution in [-0.4, -0.2) is 44.7 Å². The van der Waals surface area contributed by atoms with E-state index in [9.17, 15) is 4.79 Å². The molecule has 0 radical (unpaired) electrons. The molecule has 0 saturated carbocycles. The van der Waals surface area contributed by atoms with Crippen molar-refractivity contribution in [3.05, 3.63) is 48.3 Å². The third-order valence-corrected chi connectivity index (χ3v) is 2.96. The fraction of sp³-hybridized carbons (Fsp3) is 0.286. The second kappa shape index (κ2) is 5.85. The molecule has 2 aromatic rings. The normalized spacial score (nSPS) is 11.3. The van der Waals surface area contributed by atoms with E-state index in [4.69, 9.17) is 10.2 Å². The highest BCUT2D eigenvalue weighted by molar-refractivity contribution is 5.92. The molecule has 2 rings (SSSR count). The van der Waals surface area contributed by atoms with Gasteiger partial charge in [-0.25, -0.2) is 4.68 Å². The topological polar surface area (TPSA) is 87.4 Å². The van der Waals surface area contributed by atoms with E-state index in [0.717, 1.165) is 5.69 Å². The van der Waals surface area contributed by atoms with Crippen LogP contribution in [0, 0.1) is 0 Å². The molecular weight excluding hydrogens is 258 g/mol. The molecule has 20 heavy (non-hydrogen) atoms. The number of hydrogen-bond donors (Lipinski definition) is 3. The minimum atomic E-state index is -1.06. The summed E-state index contributed by atoms with van der Waals surface area (Å²) >= 11 is 0. The van der Waals surface area contributed by atoms with Gasteiger partial charge in [-0.3, -0.25) is 4.79 Å². The number of aliphatic hydroxyl groups excluding tert-OH is 2. The summed E-state index contributed by atoms with van der Waals surface area (Å²) in [7, 11) is 0. The number of aromatic nitrogens is 2. The van der Waals surface area contributed by atoms with Crippen LogP contribution < -0.4 is 5.32 Å². The Bertz CT molecular complexity index is 576. The highest BCUT2D eigenvalue weighted by atomic mass is 16.3. The average molecular weight is 275 g/mol. The molecule has 6 heteroatoms. The van der Waals surface area contributed by atoms with Crippen molar-refractivity contribution in [3.63, 3.8) is 0 Å². The van der Waals surface area contributed by atoms with Crippen molar-refractivity contribution in [2.24, 2.45) is 0 Å². The van der Waals surface area contributed by atoms with Gasteiger partial charge in [0.15, 0.2) is 5.69 Å². The van der Waals surface area contributed by atoms with Gasteiger partial charge in [0.2, 0.25) is 0 Å². The lowest BCUT2D eigenvalue weighted by atomic mass is 10.1. The molecule has 0 fully saturated rings. The van der Waals surface area contributed by atoms with Crippen molar-refractivity contribution in [3.8, 4) is 5.69 Å². The van der Waals surface area contributed by atoms with E-state index in [-0.39, 0.29) is 18.9 Å². The first kappa shape index (κ1) is 14.2. The predicted molar refractivity (Wildman–Crippen MR) is 73.6 cm³/mol. The van der Waals surface area contributed by atoms with Crippen molar-refractivity contribution in [2.45, 2.75) is 12.5 Å². The van der Waals surface area contributed by atoms with E-state index in [1.807, 2.05) is 30.3 Å². The van der Waals surface area contributed by atoms with Crippen LogP contribution in [0.2, 0.25) is 0 Å². The smallest absolute Gasteiger partial charge is 0.272 e. The Labute approximate surface area is 116 Å². The maximum absolute atomic E-state index is 12.0. The number of aliphatic hydroxyl groups is 2. The summed E-state index contributed by atoms with van der Waals surface area (Å²) in [4.78, 5) is 12.0. The number of rotatable bonds is 5. The van der Waals surface area contributed by atoms with Gasteiger partial charge in [0.25, 0.3) is 5.91 Å². The zero-order chi connectivity index (χ0) is 14.6. The Kier molecular flexibility index (Phi) is 4.16. The van der Waals surface area contributed by atoms with Crippen LogP contribution in [0.25, 0.3) is 5.69 Å². The summed E-state index contributed by atoms with van der Waals surface area (Å²) in [6, 6.07) is 11.0. The van der Waals surface area contributed by atoms with Crippen LogP contribution >= 0.6 is 0 Å². The van der Waals surface area contributed by atoms with Crippen molar-refractivity contribution in [2.75, 3.05) is 13.2 Å². The van der Waals surface area contributed by atoms with Gasteiger partial charge in [0, 0.05) is 6.20 Å². The number of para-hydroxylation sites is 1. The minimum absolute atomic E-state index is 0.224. The molecule has 6 nitrogen and oxygen atoms in total. The second-order valence-electron chi connectivity index (χ2n) is 4.81. The summed E-state index contributed by atoms with van der Waals surface area (Å²) < 4.78 is 1.59. The van der Waals surface area contributed by atoms with E-state index < -0.39 is 11.4 Å². The van der Waals surface area contributed by atoms with Crippen LogP contribution in [-0.2, 0) is 0 Å². The Morgan fingerprint density at radius 2 is 1.90 bits per heavy atom. The lowest BCUT2D eigenvalue weighted by Gasteiger charge is -2.25. The Hall–Kier alpha value is -2.18. The van der Waals surface area contributed by atoms with Crippen LogP contribution in [0.3, 0.4) is 0 Å². The molecule has 0 aliphatic heterocycles. The van der Waals surface area contributed by atoms with Gasteiger partial charge in [-0.1, -0.05) is 18.2 Å². The molecule has 1 heterocycles. The largest absolute Gasteiger partial charge is 0.394 e. The third kappa shape index (κ3) is 3.04. The monoisotopic (exact) mass is 275 g/mol. The molecule has 1 amide bonds. The van der Waals surface area contributed by atoms with E-state index in [0.29, 0.717) is 0 Å². The predicted octanol–water partition coefficient (Wildman–Crippen LogP) is 0.345. The maximum Gasteiger partial charge on any atom is 0.272 e. The first-order valence-electron chi connectivity index (χ1n) is 6.23. The summed E-state index contributed by atoms with van der Waals surface area (Å²) in [5, 5.41) is 25.1. The van der Waals surface area contributed by atoms with E-state index >= 15 is 0 Å². The summed E-state index contributed by atoms with van der Waals surface area (Å²) in [5.41, 5.74) is 0.00811. The van der Waals surface area contributed by atoms with Gasteiger partial charge in [0.05, 0.1) is 24.4 Å². The van der Waals surface area contributed by atoms with E-state index in [1.165, 1.54) is 0 Å². The Balaban J connectivity index is 2.15. The van der Waals surface area contributed by atoms with Gasteiger partial charge in [0.1, 0.15) is 0 Å². The van der Waals surface area contributed by atoms with Gasteiger partial charge < -0.3 is 15.5 Å². The number of hydrogen-bond acceptors (Lipinski definition) is 4. The highest BCUT2D eigenvalue weighted by Crippen LogP contribution is 2.08. The molecule has 0 spiro atoms. The summed E-state index contributed by atoms with van der Waals surface area (Å²) in [5.74, 6) is -0.440. The molecule has 0 aliphatic carbocycles. The first-order valence-corrected chi connectivity index (χ1v) is 6.23. The van der Waals surface area contributed by atoms with Gasteiger partial charge in [-0.2, -0.15) is 5.10 Å². The van der Waals surface area contributed by atoms with Crippen LogP contribution in [0.1, 0.15) is 17.4 Å². The highest BCUT2D eigenvalue weighted by Gasteiger charge is 2.26. The molecule has 0 aliphatic rings. The molecule has 0 bridgehead atoms. The average Bonchev–Trinajstić information content (AvgIpc) is 2.98. The second-order valence-corrected chi connectivity index (χ2v) is 4.81. The summed E-state index contributed by atoms with van der Waals surface area (Å²) in [6.07, 6.45) is 1.68. The number of nitrogens with one attached hydrogen (secondary N) is 1. The standard InChI is InChI=1S/C14H17N3O3/c1-14(9-18,10-19)15-13(20)12-7-8-17(16-12)11-5-3-2-4-6-11/h2-8,18-19H,9-10H2,1H3,(H,15,20). The molecule has 106 valence electrons. The van der Waals surface area contributed by atoms with Gasteiger partial charge in [-0.15, -0.1) is 0 Å². The number of amides is 1. The molecule has 1 aromatic carbocycles. The molecule has 0 atom stereocenters. The molecule has 1 aromatic heterocycles. The van der Waals surface area contributed by atoms with Gasteiger partial charge >= 0.3 is 0 Å². The van der Waals surface area contributed by atoms with Crippen molar-refractivity contribution in [1.29, 1.82) is 0 Å². The SMILES string of the molecule is CC(CO)(CO)NC(=O)c1ccn(-c2ccccc2)n1. The van der Waals surface area contributed by atoms with E-state index in [1.54, 1.807) is 23.9 Å². The summed E-state index contributed by atoms with van der Waals surface area (Å²) in [6.45, 7) is 0.850. The Morgan fingerprint density at radius 1 is 1.25 bits per heavy atom. The zero-order valence-corrected chi connectivity index (χ0v) is 11.2. The number of carbonyl (C=O) groups excluding carboxylic acids is 1. The maximum atomic E-state index is 12.0. The van der Waals surface area contributed by atoms with Crippen LogP contribution in [0.15, 0.2) is 42.6 Å². The lowest BCUT2D eigenvalue weighted by molar-refractivity contribution is 0.0719. The lowest BCUT2D eigenvalue weighted by Crippen LogP contribution is -2.51. The Morgan fingerprint density at radius 3 is 2.50 bits per heavy atom. The van der Waals surface area contributed by atoms with Crippen molar-refractivity contribution >= 4 is 5.91 Å². The zero-order valence-electron chi connectivity index (χ0n) is 11.2. The first-order chi connectivity index (χ1) is 9.58. The van der Waals surface area contributed by atoms with E-state index in [2.05, 4.69) is 10.4 Å². The number of carbonyl (C=O) groups is 1. The van der Waals surface area contributed by atoms with Crippen LogP contribution in [0.5, 0.6) is 0 Å². The van der Waals surface area contributed by atoms with Crippen molar-refractivity contribution in [1.82, 2.24) is 15.1 Å². The quantitative estimate of drug-likeness (QED) is 0.734. The van der Waals surface area contributed by atoms with Crippen molar-refractivity contribution < 1.29 is 15.0 Å². The minimum Gasteiger partial charge on any atom is -0.394 e. The molecule has 3 N–H and O–H groups in total. The third-order valence-electron chi connectivity index (χ3n) is 2.96. The van der Waals surface area contributed by atoms with Gasteiger partial charge in [-0.05, 0) is 25.1 Å². The molecule has 0 saturated heterocycles.